The molecule has 0 bridgehead atoms. The molecule has 7 nitrogen and oxygen atoms in total. The minimum Gasteiger partial charge on any atom is -0.325 e. The van der Waals surface area contributed by atoms with Crippen molar-refractivity contribution >= 4 is 34.4 Å². The van der Waals surface area contributed by atoms with Crippen LogP contribution < -0.4 is 10.9 Å². The summed E-state index contributed by atoms with van der Waals surface area (Å²) in [5, 5.41) is 7.87. The second kappa shape index (κ2) is 10.0. The largest absolute Gasteiger partial charge is 0.325 e. The van der Waals surface area contributed by atoms with E-state index in [1.165, 1.54) is 11.8 Å². The first-order chi connectivity index (χ1) is 15.9. The molecule has 1 amide bonds. The Morgan fingerprint density at radius 1 is 1.12 bits per heavy atom. The molecule has 0 aliphatic rings. The summed E-state index contributed by atoms with van der Waals surface area (Å²) < 4.78 is 3.35. The molecule has 1 N–H and O–H groups in total. The van der Waals surface area contributed by atoms with Crippen molar-refractivity contribution in [1.29, 1.82) is 0 Å². The summed E-state index contributed by atoms with van der Waals surface area (Å²) >= 11 is 1.27. The number of amides is 1. The average Bonchev–Trinajstić information content (AvgIpc) is 3.23. The van der Waals surface area contributed by atoms with Crippen LogP contribution in [0.4, 0.5) is 5.69 Å². The number of fused-ring (bicyclic) bond motifs is 1. The molecule has 0 radical (unpaired) electrons. The molecule has 170 valence electrons. The molecule has 33 heavy (non-hydrogen) atoms. The van der Waals surface area contributed by atoms with E-state index in [4.69, 9.17) is 0 Å². The smallest absolute Gasteiger partial charge is 0.282 e. The fourth-order valence-electron chi connectivity index (χ4n) is 3.65. The van der Waals surface area contributed by atoms with Gasteiger partial charge in [-0.25, -0.2) is 4.98 Å². The van der Waals surface area contributed by atoms with Gasteiger partial charge < -0.3 is 5.32 Å². The van der Waals surface area contributed by atoms with E-state index in [-0.39, 0.29) is 17.2 Å². The van der Waals surface area contributed by atoms with Gasteiger partial charge in [-0.05, 0) is 44.4 Å². The van der Waals surface area contributed by atoms with Gasteiger partial charge in [0.25, 0.3) is 5.56 Å². The molecule has 0 aliphatic carbocycles. The minimum absolute atomic E-state index is 0.139. The van der Waals surface area contributed by atoms with Gasteiger partial charge in [0.15, 0.2) is 10.7 Å². The first-order valence-corrected chi connectivity index (χ1v) is 11.9. The van der Waals surface area contributed by atoms with E-state index in [1.807, 2.05) is 69.3 Å². The Morgan fingerprint density at radius 2 is 1.91 bits per heavy atom. The van der Waals surface area contributed by atoms with Crippen molar-refractivity contribution < 1.29 is 4.79 Å². The molecular weight excluding hydrogens is 434 g/mol. The SMILES string of the molecule is CCn1cc2nc(SCC(=O)Nc3ccc(C)cc3C)n(CCc3ccccc3)c(=O)c2n1. The molecule has 4 aromatic rings. The maximum absolute atomic E-state index is 13.2. The lowest BCUT2D eigenvalue weighted by atomic mass is 10.1. The fourth-order valence-corrected chi connectivity index (χ4v) is 4.47. The number of thioether (sulfide) groups is 1. The highest BCUT2D eigenvalue weighted by atomic mass is 32.2. The zero-order valence-corrected chi connectivity index (χ0v) is 19.9. The number of aryl methyl sites for hydroxylation is 4. The van der Waals surface area contributed by atoms with Crippen LogP contribution in [0.5, 0.6) is 0 Å². The molecule has 0 spiro atoms. The van der Waals surface area contributed by atoms with Crippen LogP contribution >= 0.6 is 11.8 Å². The number of carbonyl (C=O) groups excluding carboxylic acids is 1. The van der Waals surface area contributed by atoms with Crippen LogP contribution in [0.25, 0.3) is 11.0 Å². The summed E-state index contributed by atoms with van der Waals surface area (Å²) in [5.74, 6) is 0.0126. The van der Waals surface area contributed by atoms with Crippen molar-refractivity contribution in [2.24, 2.45) is 0 Å². The molecule has 0 saturated carbocycles. The van der Waals surface area contributed by atoms with Crippen molar-refractivity contribution in [3.8, 4) is 0 Å². The monoisotopic (exact) mass is 461 g/mol. The van der Waals surface area contributed by atoms with Crippen molar-refractivity contribution in [3.63, 3.8) is 0 Å². The number of rotatable bonds is 8. The predicted octanol–water partition coefficient (Wildman–Crippen LogP) is 4.20. The van der Waals surface area contributed by atoms with Gasteiger partial charge >= 0.3 is 0 Å². The standard InChI is InChI=1S/C25H27N5O2S/c1-4-29-15-21-23(28-29)24(32)30(13-12-19-8-6-5-7-9-19)25(27-21)33-16-22(31)26-20-11-10-17(2)14-18(20)3/h5-11,14-15H,4,12-13,16H2,1-3H3,(H,26,31). The van der Waals surface area contributed by atoms with Gasteiger partial charge in [0, 0.05) is 18.8 Å². The summed E-state index contributed by atoms with van der Waals surface area (Å²) in [4.78, 5) is 30.6. The molecule has 0 fully saturated rings. The number of anilines is 1. The third-order valence-corrected chi connectivity index (χ3v) is 6.39. The van der Waals surface area contributed by atoms with E-state index >= 15 is 0 Å². The molecule has 0 saturated heterocycles. The molecule has 0 unspecified atom stereocenters. The van der Waals surface area contributed by atoms with Crippen LogP contribution in [0, 0.1) is 13.8 Å². The number of nitrogens with one attached hydrogen (secondary N) is 1. The Morgan fingerprint density at radius 3 is 2.64 bits per heavy atom. The third kappa shape index (κ3) is 5.34. The fraction of sp³-hybridized carbons (Fsp3) is 0.280. The van der Waals surface area contributed by atoms with E-state index < -0.39 is 0 Å². The van der Waals surface area contributed by atoms with Gasteiger partial charge in [0.05, 0.1) is 11.9 Å². The van der Waals surface area contributed by atoms with Crippen LogP contribution in [-0.4, -0.2) is 31.0 Å². The second-order valence-electron chi connectivity index (χ2n) is 7.96. The van der Waals surface area contributed by atoms with Crippen LogP contribution in [-0.2, 0) is 24.3 Å². The van der Waals surface area contributed by atoms with Crippen LogP contribution in [0.2, 0.25) is 0 Å². The van der Waals surface area contributed by atoms with Crippen molar-refractivity contribution in [3.05, 3.63) is 81.8 Å². The minimum atomic E-state index is -0.180. The molecule has 4 rings (SSSR count). The van der Waals surface area contributed by atoms with E-state index in [1.54, 1.807) is 15.4 Å². The van der Waals surface area contributed by atoms with Gasteiger partial charge in [0.1, 0.15) is 5.52 Å². The quantitative estimate of drug-likeness (QED) is 0.314. The molecule has 2 heterocycles. The first-order valence-electron chi connectivity index (χ1n) is 11.0. The van der Waals surface area contributed by atoms with E-state index in [0.717, 1.165) is 22.4 Å². The van der Waals surface area contributed by atoms with E-state index in [0.29, 0.717) is 35.7 Å². The molecular formula is C25H27N5O2S. The highest BCUT2D eigenvalue weighted by Crippen LogP contribution is 2.20. The summed E-state index contributed by atoms with van der Waals surface area (Å²) in [6, 6.07) is 15.9. The summed E-state index contributed by atoms with van der Waals surface area (Å²) in [6.45, 7) is 7.07. The topological polar surface area (TPSA) is 81.8 Å². The Hall–Kier alpha value is -3.39. The normalized spacial score (nSPS) is 11.1. The second-order valence-corrected chi connectivity index (χ2v) is 8.90. The van der Waals surface area contributed by atoms with E-state index in [2.05, 4.69) is 15.4 Å². The van der Waals surface area contributed by atoms with Crippen LogP contribution in [0.3, 0.4) is 0 Å². The maximum Gasteiger partial charge on any atom is 0.282 e. The average molecular weight is 462 g/mol. The predicted molar refractivity (Wildman–Crippen MR) is 133 cm³/mol. The number of hydrogen-bond donors (Lipinski definition) is 1. The Bertz CT molecular complexity index is 1340. The number of hydrogen-bond acceptors (Lipinski definition) is 5. The van der Waals surface area contributed by atoms with Crippen molar-refractivity contribution in [2.75, 3.05) is 11.1 Å². The highest BCUT2D eigenvalue weighted by Gasteiger charge is 2.16. The number of nitrogens with zero attached hydrogens (tertiary/aromatic N) is 4. The summed E-state index contributed by atoms with van der Waals surface area (Å²) in [6.07, 6.45) is 2.46. The lowest BCUT2D eigenvalue weighted by molar-refractivity contribution is -0.113. The molecule has 0 aliphatic heterocycles. The Balaban J connectivity index is 1.57. The summed E-state index contributed by atoms with van der Waals surface area (Å²) in [5.41, 5.74) is 4.81. The highest BCUT2D eigenvalue weighted by molar-refractivity contribution is 7.99. The van der Waals surface area contributed by atoms with Gasteiger partial charge in [0.2, 0.25) is 5.91 Å². The van der Waals surface area contributed by atoms with Crippen molar-refractivity contribution in [2.45, 2.75) is 45.4 Å². The van der Waals surface area contributed by atoms with E-state index in [9.17, 15) is 9.59 Å². The molecule has 0 atom stereocenters. The first kappa shape index (κ1) is 22.8. The zero-order chi connectivity index (χ0) is 23.4. The molecule has 8 heteroatoms. The van der Waals surface area contributed by atoms with Gasteiger partial charge in [-0.1, -0.05) is 59.8 Å². The Labute approximate surface area is 196 Å². The van der Waals surface area contributed by atoms with Gasteiger partial charge in [-0.2, -0.15) is 5.10 Å². The van der Waals surface area contributed by atoms with Crippen LogP contribution in [0.15, 0.2) is 64.7 Å². The number of benzene rings is 2. The van der Waals surface area contributed by atoms with Gasteiger partial charge in [-0.15, -0.1) is 0 Å². The van der Waals surface area contributed by atoms with Crippen LogP contribution in [0.1, 0.15) is 23.6 Å². The van der Waals surface area contributed by atoms with Crippen molar-refractivity contribution in [1.82, 2.24) is 19.3 Å². The lowest BCUT2D eigenvalue weighted by Gasteiger charge is -2.12. The maximum atomic E-state index is 13.2. The number of aromatic nitrogens is 4. The molecule has 2 aromatic heterocycles. The Kier molecular flexibility index (Phi) is 6.93. The number of carbonyl (C=O) groups is 1. The molecule has 2 aromatic carbocycles. The third-order valence-electron chi connectivity index (χ3n) is 5.42. The zero-order valence-electron chi connectivity index (χ0n) is 19.0. The van der Waals surface area contributed by atoms with Gasteiger partial charge in [-0.3, -0.25) is 18.8 Å². The summed E-state index contributed by atoms with van der Waals surface area (Å²) in [7, 11) is 0. The lowest BCUT2D eigenvalue weighted by Crippen LogP contribution is -2.25.